The maximum atomic E-state index is 2.57. The highest BCUT2D eigenvalue weighted by Gasteiger charge is 2.48. The van der Waals surface area contributed by atoms with Gasteiger partial charge in [0.2, 0.25) is 0 Å². The van der Waals surface area contributed by atoms with Crippen molar-refractivity contribution < 1.29 is 0 Å². The molecule has 2 heteroatoms. The number of aromatic nitrogens is 2. The summed E-state index contributed by atoms with van der Waals surface area (Å²) in [5.74, 6) is 0. The van der Waals surface area contributed by atoms with Gasteiger partial charge in [-0.25, -0.2) is 0 Å². The Kier molecular flexibility index (Phi) is 6.03. The number of aryl methyl sites for hydroxylation is 1. The standard InChI is InChI=1S/C49H34N2/c1-4-15-33(16-5-1)34-27-29-40-38-21-10-12-25-44(38)50(47(40)31-34)37-28-30-46-43(32-37)49(35-17-6-2-7-18-35,36-19-8-3-9-20-36)42-24-14-23-41-39-22-11-13-26-45(39)51(46)48(41)42/h1-13,15-22,24-32H,14,23H2. The molecule has 0 radical (unpaired) electrons. The summed E-state index contributed by atoms with van der Waals surface area (Å²) in [6.07, 6.45) is 4.60. The third-order valence-corrected chi connectivity index (χ3v) is 11.5. The van der Waals surface area contributed by atoms with Crippen LogP contribution in [0.1, 0.15) is 34.4 Å². The molecular weight excluding hydrogens is 617 g/mol. The van der Waals surface area contributed by atoms with Crippen LogP contribution in [0.4, 0.5) is 0 Å². The van der Waals surface area contributed by atoms with Gasteiger partial charge in [0.25, 0.3) is 0 Å². The zero-order valence-corrected chi connectivity index (χ0v) is 28.1. The molecule has 0 spiro atoms. The van der Waals surface area contributed by atoms with Crippen molar-refractivity contribution in [2.45, 2.75) is 18.3 Å². The molecule has 0 fully saturated rings. The lowest BCUT2D eigenvalue weighted by Crippen LogP contribution is -2.37. The van der Waals surface area contributed by atoms with E-state index in [4.69, 9.17) is 0 Å². The van der Waals surface area contributed by atoms with E-state index in [0.29, 0.717) is 0 Å². The molecular formula is C49H34N2. The molecule has 0 saturated carbocycles. The van der Waals surface area contributed by atoms with E-state index in [1.807, 2.05) is 0 Å². The molecule has 2 nitrogen and oxygen atoms in total. The van der Waals surface area contributed by atoms with Crippen LogP contribution in [0.15, 0.2) is 182 Å². The van der Waals surface area contributed by atoms with Crippen LogP contribution in [0.25, 0.3) is 60.8 Å². The zero-order valence-electron chi connectivity index (χ0n) is 28.1. The van der Waals surface area contributed by atoms with Gasteiger partial charge < -0.3 is 9.13 Å². The second kappa shape index (κ2) is 10.8. The number of benzene rings is 7. The lowest BCUT2D eigenvalue weighted by molar-refractivity contribution is 0.739. The maximum Gasteiger partial charge on any atom is 0.0740 e. The van der Waals surface area contributed by atoms with Crippen LogP contribution >= 0.6 is 0 Å². The normalized spacial score (nSPS) is 14.4. The Balaban J connectivity index is 1.29. The van der Waals surface area contributed by atoms with Gasteiger partial charge >= 0.3 is 0 Å². The van der Waals surface area contributed by atoms with Gasteiger partial charge in [-0.2, -0.15) is 0 Å². The molecule has 0 unspecified atom stereocenters. The number of hydrogen-bond acceptors (Lipinski definition) is 0. The lowest BCUT2D eigenvalue weighted by Gasteiger charge is -2.45. The molecule has 2 aliphatic rings. The minimum atomic E-state index is -0.513. The van der Waals surface area contributed by atoms with Crippen LogP contribution in [0.2, 0.25) is 0 Å². The monoisotopic (exact) mass is 650 g/mol. The molecule has 0 amide bonds. The summed E-state index contributed by atoms with van der Waals surface area (Å²) in [7, 11) is 0. The zero-order chi connectivity index (χ0) is 33.5. The van der Waals surface area contributed by atoms with Gasteiger partial charge in [0.1, 0.15) is 0 Å². The Labute approximate surface area is 297 Å². The highest BCUT2D eigenvalue weighted by atomic mass is 15.0. The van der Waals surface area contributed by atoms with Gasteiger partial charge in [-0.1, -0.05) is 146 Å². The van der Waals surface area contributed by atoms with Gasteiger partial charge in [-0.05, 0) is 88.2 Å². The lowest BCUT2D eigenvalue weighted by atomic mass is 9.60. The second-order valence-corrected chi connectivity index (χ2v) is 14.0. The summed E-state index contributed by atoms with van der Waals surface area (Å²) in [6, 6.07) is 65.2. The number of hydrogen-bond donors (Lipinski definition) is 0. The van der Waals surface area contributed by atoms with Crippen LogP contribution in [0.3, 0.4) is 0 Å². The van der Waals surface area contributed by atoms with Crippen LogP contribution in [0.5, 0.6) is 0 Å². The Morgan fingerprint density at radius 3 is 1.78 bits per heavy atom. The largest absolute Gasteiger partial charge is 0.309 e. The number of nitrogens with zero attached hydrogens (tertiary/aromatic N) is 2. The molecule has 7 aromatic carbocycles. The Bertz CT molecular complexity index is 2790. The smallest absolute Gasteiger partial charge is 0.0740 e. The predicted octanol–water partition coefficient (Wildman–Crippen LogP) is 12.1. The van der Waals surface area contributed by atoms with Gasteiger partial charge in [0, 0.05) is 21.8 Å². The molecule has 240 valence electrons. The van der Waals surface area contributed by atoms with E-state index in [-0.39, 0.29) is 0 Å². The molecule has 1 aliphatic carbocycles. The Morgan fingerprint density at radius 2 is 1.06 bits per heavy atom. The number of allylic oxidation sites excluding steroid dienone is 2. The highest BCUT2D eigenvalue weighted by Crippen LogP contribution is 2.58. The summed E-state index contributed by atoms with van der Waals surface area (Å²) in [5.41, 5.74) is 16.1. The molecule has 0 saturated heterocycles. The fourth-order valence-electron chi connectivity index (χ4n) is 9.41. The topological polar surface area (TPSA) is 9.86 Å². The number of para-hydroxylation sites is 2. The summed E-state index contributed by atoms with van der Waals surface area (Å²) in [5, 5.41) is 3.89. The SMILES string of the molecule is C1=C2c3c(c4ccccc4n3-c3ccc(-n4c5ccccc5c5ccc(-c6ccccc6)cc54)cc3C2(c2ccccc2)c2ccccc2)CC1. The van der Waals surface area contributed by atoms with Crippen molar-refractivity contribution in [3.8, 4) is 22.5 Å². The molecule has 0 N–H and O–H groups in total. The van der Waals surface area contributed by atoms with E-state index in [1.54, 1.807) is 0 Å². The molecule has 3 heterocycles. The Morgan fingerprint density at radius 1 is 0.451 bits per heavy atom. The molecule has 0 atom stereocenters. The maximum absolute atomic E-state index is 2.57. The first-order valence-electron chi connectivity index (χ1n) is 18.0. The van der Waals surface area contributed by atoms with Gasteiger partial charge in [-0.15, -0.1) is 0 Å². The first-order valence-corrected chi connectivity index (χ1v) is 18.0. The summed E-state index contributed by atoms with van der Waals surface area (Å²) in [6.45, 7) is 0. The van der Waals surface area contributed by atoms with Crippen molar-refractivity contribution in [1.82, 2.24) is 9.13 Å². The molecule has 1 aliphatic heterocycles. The first-order chi connectivity index (χ1) is 25.3. The fourth-order valence-corrected chi connectivity index (χ4v) is 9.41. The van der Waals surface area contributed by atoms with Crippen LogP contribution in [-0.4, -0.2) is 9.13 Å². The molecule has 51 heavy (non-hydrogen) atoms. The average molecular weight is 651 g/mol. The van der Waals surface area contributed by atoms with Gasteiger partial charge in [0.05, 0.1) is 33.3 Å². The fraction of sp³-hybridized carbons (Fsp3) is 0.0612. The van der Waals surface area contributed by atoms with Crippen molar-refractivity contribution in [2.24, 2.45) is 0 Å². The minimum absolute atomic E-state index is 0.513. The van der Waals surface area contributed by atoms with Crippen molar-refractivity contribution in [3.05, 3.63) is 210 Å². The van der Waals surface area contributed by atoms with E-state index >= 15 is 0 Å². The van der Waals surface area contributed by atoms with Crippen molar-refractivity contribution in [3.63, 3.8) is 0 Å². The third-order valence-electron chi connectivity index (χ3n) is 11.5. The highest BCUT2D eigenvalue weighted by molar-refractivity contribution is 6.10. The van der Waals surface area contributed by atoms with Crippen LogP contribution < -0.4 is 0 Å². The van der Waals surface area contributed by atoms with Gasteiger partial charge in [0.15, 0.2) is 0 Å². The summed E-state index contributed by atoms with van der Waals surface area (Å²) >= 11 is 0. The van der Waals surface area contributed by atoms with Gasteiger partial charge in [-0.3, -0.25) is 0 Å². The minimum Gasteiger partial charge on any atom is -0.309 e. The molecule has 2 aromatic heterocycles. The predicted molar refractivity (Wildman–Crippen MR) is 212 cm³/mol. The van der Waals surface area contributed by atoms with E-state index in [0.717, 1.165) is 18.5 Å². The third kappa shape index (κ3) is 3.88. The summed E-state index contributed by atoms with van der Waals surface area (Å²) < 4.78 is 5.06. The number of rotatable bonds is 4. The quantitative estimate of drug-likeness (QED) is 0.179. The van der Waals surface area contributed by atoms with E-state index in [1.165, 1.54) is 83.0 Å². The van der Waals surface area contributed by atoms with Crippen molar-refractivity contribution in [2.75, 3.05) is 0 Å². The Hall–Kier alpha value is -6.38. The van der Waals surface area contributed by atoms with Crippen molar-refractivity contribution in [1.29, 1.82) is 0 Å². The second-order valence-electron chi connectivity index (χ2n) is 14.0. The van der Waals surface area contributed by atoms with E-state index in [9.17, 15) is 0 Å². The summed E-state index contributed by atoms with van der Waals surface area (Å²) in [4.78, 5) is 0. The van der Waals surface area contributed by atoms with E-state index < -0.39 is 5.41 Å². The average Bonchev–Trinajstić information content (AvgIpc) is 3.73. The molecule has 11 rings (SSSR count). The van der Waals surface area contributed by atoms with Crippen LogP contribution in [0, 0.1) is 0 Å². The molecule has 9 aromatic rings. The van der Waals surface area contributed by atoms with Crippen LogP contribution in [-0.2, 0) is 11.8 Å². The first kappa shape index (κ1) is 28.5. The van der Waals surface area contributed by atoms with E-state index in [2.05, 4.69) is 191 Å². The van der Waals surface area contributed by atoms with Crippen molar-refractivity contribution >= 4 is 38.3 Å². The number of fused-ring (bicyclic) bond motifs is 8. The molecule has 0 bridgehead atoms.